The van der Waals surface area contributed by atoms with E-state index in [0.29, 0.717) is 17.9 Å². The summed E-state index contributed by atoms with van der Waals surface area (Å²) in [7, 11) is 0. The van der Waals surface area contributed by atoms with Gasteiger partial charge in [0.15, 0.2) is 6.17 Å². The summed E-state index contributed by atoms with van der Waals surface area (Å²) in [5.41, 5.74) is 1.39. The standard InChI is InChI=1S/C21H27F2/c1-2-6-15-9-11-17(12-10-15)19-14-13-18(20(22)21(19)23)16-7-4-3-5-8-16/h4-5,7-8,15,17,19,21H,2,6,9-14H2,1H3. The van der Waals surface area contributed by atoms with Crippen molar-refractivity contribution >= 4 is 5.57 Å². The molecule has 0 spiro atoms. The lowest BCUT2D eigenvalue weighted by Crippen LogP contribution is -2.31. The molecule has 2 aliphatic carbocycles. The Morgan fingerprint density at radius 1 is 1.09 bits per heavy atom. The van der Waals surface area contributed by atoms with Crippen LogP contribution in [0.2, 0.25) is 0 Å². The minimum absolute atomic E-state index is 0.114. The van der Waals surface area contributed by atoms with Gasteiger partial charge in [0.25, 0.3) is 0 Å². The van der Waals surface area contributed by atoms with Gasteiger partial charge in [-0.3, -0.25) is 0 Å². The summed E-state index contributed by atoms with van der Waals surface area (Å²) in [6, 6.07) is 10.1. The highest BCUT2D eigenvalue weighted by Gasteiger charge is 2.38. The summed E-state index contributed by atoms with van der Waals surface area (Å²) in [4.78, 5) is 0. The molecule has 0 aromatic heterocycles. The Bertz CT molecular complexity index is 526. The predicted molar refractivity (Wildman–Crippen MR) is 91.3 cm³/mol. The minimum Gasteiger partial charge on any atom is -0.239 e. The SMILES string of the molecule is CCCC1CCC(C2CCC(c3cc[c]cc3)=C(F)C2F)CC1. The first kappa shape index (κ1) is 16.7. The Labute approximate surface area is 139 Å². The van der Waals surface area contributed by atoms with Gasteiger partial charge in [0.2, 0.25) is 0 Å². The quantitative estimate of drug-likeness (QED) is 0.593. The zero-order chi connectivity index (χ0) is 16.2. The van der Waals surface area contributed by atoms with Crippen molar-refractivity contribution in [3.05, 3.63) is 41.7 Å². The summed E-state index contributed by atoms with van der Waals surface area (Å²) in [6.07, 6.45) is 7.14. The van der Waals surface area contributed by atoms with Gasteiger partial charge in [-0.1, -0.05) is 56.9 Å². The molecular weight excluding hydrogens is 290 g/mol. The fraction of sp³-hybridized carbons (Fsp3) is 0.619. The van der Waals surface area contributed by atoms with Gasteiger partial charge in [-0.2, -0.15) is 0 Å². The normalized spacial score (nSPS) is 32.1. The molecule has 2 heteroatoms. The average molecular weight is 317 g/mol. The molecule has 0 bridgehead atoms. The molecule has 0 saturated heterocycles. The van der Waals surface area contributed by atoms with E-state index in [4.69, 9.17) is 0 Å². The van der Waals surface area contributed by atoms with Crippen LogP contribution in [0.15, 0.2) is 30.1 Å². The lowest BCUT2D eigenvalue weighted by atomic mass is 9.69. The molecule has 0 N–H and O–H groups in total. The van der Waals surface area contributed by atoms with Crippen molar-refractivity contribution in [2.45, 2.75) is 64.5 Å². The third kappa shape index (κ3) is 3.67. The van der Waals surface area contributed by atoms with Crippen molar-refractivity contribution in [1.82, 2.24) is 0 Å². The Morgan fingerprint density at radius 2 is 1.78 bits per heavy atom. The Hall–Kier alpha value is -1.18. The van der Waals surface area contributed by atoms with Crippen molar-refractivity contribution in [3.8, 4) is 0 Å². The molecule has 1 aromatic carbocycles. The molecule has 23 heavy (non-hydrogen) atoms. The Balaban J connectivity index is 1.68. The van der Waals surface area contributed by atoms with Crippen LogP contribution in [0.4, 0.5) is 8.78 Å². The second-order valence-corrected chi connectivity index (χ2v) is 7.29. The van der Waals surface area contributed by atoms with Gasteiger partial charge < -0.3 is 0 Å². The Morgan fingerprint density at radius 3 is 2.43 bits per heavy atom. The monoisotopic (exact) mass is 317 g/mol. The maximum absolute atomic E-state index is 14.8. The number of hydrogen-bond acceptors (Lipinski definition) is 0. The Kier molecular flexibility index (Phi) is 5.50. The zero-order valence-corrected chi connectivity index (χ0v) is 14.0. The lowest BCUT2D eigenvalue weighted by Gasteiger charge is -2.37. The third-order valence-corrected chi connectivity index (χ3v) is 5.89. The smallest absolute Gasteiger partial charge is 0.155 e. The maximum atomic E-state index is 14.8. The molecule has 3 rings (SSSR count). The topological polar surface area (TPSA) is 0 Å². The number of alkyl halides is 1. The fourth-order valence-corrected chi connectivity index (χ4v) is 4.59. The molecule has 125 valence electrons. The van der Waals surface area contributed by atoms with Gasteiger partial charge in [-0.25, -0.2) is 8.78 Å². The van der Waals surface area contributed by atoms with Gasteiger partial charge in [0, 0.05) is 0 Å². The second kappa shape index (κ2) is 7.59. The van der Waals surface area contributed by atoms with E-state index < -0.39 is 12.0 Å². The van der Waals surface area contributed by atoms with E-state index in [1.54, 1.807) is 12.1 Å². The van der Waals surface area contributed by atoms with Gasteiger partial charge >= 0.3 is 0 Å². The molecule has 0 nitrogen and oxygen atoms in total. The highest BCUT2D eigenvalue weighted by atomic mass is 19.2. The number of allylic oxidation sites excluding steroid dienone is 2. The first-order valence-corrected chi connectivity index (χ1v) is 9.19. The van der Waals surface area contributed by atoms with Crippen LogP contribution in [0.25, 0.3) is 5.57 Å². The van der Waals surface area contributed by atoms with Crippen molar-refractivity contribution in [1.29, 1.82) is 0 Å². The van der Waals surface area contributed by atoms with E-state index in [0.717, 1.165) is 30.7 Å². The van der Waals surface area contributed by atoms with E-state index in [-0.39, 0.29) is 5.92 Å². The molecule has 1 saturated carbocycles. The van der Waals surface area contributed by atoms with Crippen LogP contribution in [-0.4, -0.2) is 6.17 Å². The summed E-state index contributed by atoms with van der Waals surface area (Å²) < 4.78 is 29.4. The first-order valence-electron chi connectivity index (χ1n) is 9.19. The summed E-state index contributed by atoms with van der Waals surface area (Å²) in [5.74, 6) is 0.559. The van der Waals surface area contributed by atoms with E-state index in [1.807, 2.05) is 12.1 Å². The number of benzene rings is 1. The molecule has 1 radical (unpaired) electrons. The largest absolute Gasteiger partial charge is 0.239 e. The van der Waals surface area contributed by atoms with E-state index in [9.17, 15) is 8.78 Å². The van der Waals surface area contributed by atoms with Crippen LogP contribution < -0.4 is 0 Å². The van der Waals surface area contributed by atoms with E-state index in [2.05, 4.69) is 13.0 Å². The molecule has 2 unspecified atom stereocenters. The second-order valence-electron chi connectivity index (χ2n) is 7.29. The van der Waals surface area contributed by atoms with Crippen molar-refractivity contribution in [2.24, 2.45) is 17.8 Å². The number of halogens is 2. The molecule has 1 fully saturated rings. The van der Waals surface area contributed by atoms with Crippen LogP contribution >= 0.6 is 0 Å². The average Bonchev–Trinajstić information content (AvgIpc) is 2.59. The van der Waals surface area contributed by atoms with E-state index >= 15 is 0 Å². The molecular formula is C21H27F2. The highest BCUT2D eigenvalue weighted by molar-refractivity contribution is 5.68. The minimum atomic E-state index is -1.41. The predicted octanol–water partition coefficient (Wildman–Crippen LogP) is 6.52. The van der Waals surface area contributed by atoms with Crippen LogP contribution in [0.3, 0.4) is 0 Å². The maximum Gasteiger partial charge on any atom is 0.155 e. The summed E-state index contributed by atoms with van der Waals surface area (Å²) in [5, 5.41) is 0. The summed E-state index contributed by atoms with van der Waals surface area (Å²) in [6.45, 7) is 2.23. The van der Waals surface area contributed by atoms with Gasteiger partial charge in [-0.15, -0.1) is 0 Å². The lowest BCUT2D eigenvalue weighted by molar-refractivity contribution is 0.110. The molecule has 1 aromatic rings. The van der Waals surface area contributed by atoms with Gasteiger partial charge in [-0.05, 0) is 60.6 Å². The third-order valence-electron chi connectivity index (χ3n) is 5.89. The molecule has 0 aliphatic heterocycles. The van der Waals surface area contributed by atoms with Crippen LogP contribution in [-0.2, 0) is 0 Å². The zero-order valence-electron chi connectivity index (χ0n) is 14.0. The molecule has 2 atom stereocenters. The van der Waals surface area contributed by atoms with Gasteiger partial charge in [0.05, 0.1) is 0 Å². The van der Waals surface area contributed by atoms with Crippen LogP contribution in [0.5, 0.6) is 0 Å². The van der Waals surface area contributed by atoms with Gasteiger partial charge in [0.1, 0.15) is 5.83 Å². The van der Waals surface area contributed by atoms with Crippen molar-refractivity contribution in [2.75, 3.05) is 0 Å². The summed E-state index contributed by atoms with van der Waals surface area (Å²) >= 11 is 0. The van der Waals surface area contributed by atoms with Crippen LogP contribution in [0, 0.1) is 23.8 Å². The fourth-order valence-electron chi connectivity index (χ4n) is 4.59. The number of rotatable bonds is 4. The van der Waals surface area contributed by atoms with E-state index in [1.165, 1.54) is 25.7 Å². The molecule has 0 amide bonds. The highest BCUT2D eigenvalue weighted by Crippen LogP contribution is 2.46. The number of hydrogen-bond donors (Lipinski definition) is 0. The van der Waals surface area contributed by atoms with Crippen molar-refractivity contribution in [3.63, 3.8) is 0 Å². The molecule has 0 heterocycles. The molecule has 2 aliphatic rings. The first-order chi connectivity index (χ1) is 11.2. The van der Waals surface area contributed by atoms with Crippen LogP contribution in [0.1, 0.15) is 63.9 Å². The van der Waals surface area contributed by atoms with Crippen molar-refractivity contribution < 1.29 is 8.78 Å².